The van der Waals surface area contributed by atoms with Crippen LogP contribution in [0.1, 0.15) is 19.8 Å². The third kappa shape index (κ3) is 2.63. The van der Waals surface area contributed by atoms with Crippen molar-refractivity contribution in [3.05, 3.63) is 11.6 Å². The Kier molecular flexibility index (Phi) is 3.42. The normalized spacial score (nSPS) is 27.9. The molecule has 0 aromatic carbocycles. The van der Waals surface area contributed by atoms with Gasteiger partial charge in [-0.25, -0.2) is 4.98 Å². The van der Waals surface area contributed by atoms with Gasteiger partial charge in [0, 0.05) is 11.6 Å². The number of hydrogen-bond donors (Lipinski definition) is 2. The fraction of sp³-hybridized carbons (Fsp3) is 0.545. The molecule has 0 spiro atoms. The predicted octanol–water partition coefficient (Wildman–Crippen LogP) is 1.83. The summed E-state index contributed by atoms with van der Waals surface area (Å²) in [7, 11) is 0. The highest BCUT2D eigenvalue weighted by Gasteiger charge is 2.41. The lowest BCUT2D eigenvalue weighted by atomic mass is 9.95. The number of carboxylic acids is 1. The Hall–Kier alpha value is -1.43. The Morgan fingerprint density at radius 3 is 2.76 bits per heavy atom. The second-order valence-corrected chi connectivity index (χ2v) is 5.35. The van der Waals surface area contributed by atoms with Crippen molar-refractivity contribution in [3.63, 3.8) is 0 Å². The number of nitrogens with one attached hydrogen (secondary N) is 1. The van der Waals surface area contributed by atoms with Gasteiger partial charge in [-0.3, -0.25) is 9.59 Å². The summed E-state index contributed by atoms with van der Waals surface area (Å²) in [6.07, 6.45) is 2.81. The highest BCUT2D eigenvalue weighted by atomic mass is 32.1. The zero-order valence-corrected chi connectivity index (χ0v) is 10.2. The molecule has 1 aromatic heterocycles. The molecule has 1 heterocycles. The lowest BCUT2D eigenvalue weighted by molar-refractivity contribution is -0.145. The highest BCUT2D eigenvalue weighted by molar-refractivity contribution is 7.13. The van der Waals surface area contributed by atoms with Gasteiger partial charge in [0.15, 0.2) is 5.13 Å². The maximum atomic E-state index is 12.0. The van der Waals surface area contributed by atoms with Gasteiger partial charge in [-0.15, -0.1) is 11.3 Å². The molecule has 6 heteroatoms. The van der Waals surface area contributed by atoms with E-state index in [-0.39, 0.29) is 11.8 Å². The number of aliphatic carboxylic acids is 1. The van der Waals surface area contributed by atoms with Gasteiger partial charge in [-0.1, -0.05) is 6.92 Å². The van der Waals surface area contributed by atoms with Gasteiger partial charge < -0.3 is 10.4 Å². The molecule has 1 fully saturated rings. The number of carbonyl (C=O) groups is 2. The van der Waals surface area contributed by atoms with Crippen molar-refractivity contribution in [2.75, 3.05) is 5.32 Å². The van der Waals surface area contributed by atoms with E-state index in [4.69, 9.17) is 5.11 Å². The Labute approximate surface area is 103 Å². The zero-order chi connectivity index (χ0) is 12.4. The third-order valence-electron chi connectivity index (χ3n) is 3.11. The number of hydrogen-bond acceptors (Lipinski definition) is 4. The van der Waals surface area contributed by atoms with Crippen molar-refractivity contribution in [2.24, 2.45) is 17.8 Å². The van der Waals surface area contributed by atoms with E-state index in [1.165, 1.54) is 11.3 Å². The van der Waals surface area contributed by atoms with E-state index < -0.39 is 17.8 Å². The number of aromatic nitrogens is 1. The predicted molar refractivity (Wildman–Crippen MR) is 63.8 cm³/mol. The first-order valence-electron chi connectivity index (χ1n) is 5.51. The molecule has 1 aliphatic rings. The number of amides is 1. The second kappa shape index (κ2) is 4.83. The Morgan fingerprint density at radius 2 is 2.18 bits per heavy atom. The minimum Gasteiger partial charge on any atom is -0.481 e. The quantitative estimate of drug-likeness (QED) is 0.862. The number of carboxylic acid groups (broad SMARTS) is 1. The summed E-state index contributed by atoms with van der Waals surface area (Å²) in [6.45, 7) is 1.98. The molecule has 92 valence electrons. The summed E-state index contributed by atoms with van der Waals surface area (Å²) < 4.78 is 0. The Balaban J connectivity index is 2.05. The van der Waals surface area contributed by atoms with E-state index in [0.717, 1.165) is 0 Å². The molecule has 1 amide bonds. The van der Waals surface area contributed by atoms with Crippen LogP contribution in [0.15, 0.2) is 11.6 Å². The van der Waals surface area contributed by atoms with Crippen molar-refractivity contribution in [2.45, 2.75) is 19.8 Å². The van der Waals surface area contributed by atoms with E-state index in [0.29, 0.717) is 18.0 Å². The van der Waals surface area contributed by atoms with Crippen LogP contribution in [0.3, 0.4) is 0 Å². The van der Waals surface area contributed by atoms with Crippen LogP contribution in [-0.4, -0.2) is 22.0 Å². The molecule has 1 aromatic rings. The van der Waals surface area contributed by atoms with Gasteiger partial charge in [-0.2, -0.15) is 0 Å². The SMILES string of the molecule is CC1C[C@H](C(=O)Nc2nccs2)[C@H](C(=O)O)C1. The molecule has 1 unspecified atom stereocenters. The molecular weight excluding hydrogens is 240 g/mol. The van der Waals surface area contributed by atoms with Crippen LogP contribution in [-0.2, 0) is 9.59 Å². The van der Waals surface area contributed by atoms with Crippen molar-refractivity contribution >= 4 is 28.3 Å². The molecule has 3 atom stereocenters. The lowest BCUT2D eigenvalue weighted by Gasteiger charge is -2.14. The van der Waals surface area contributed by atoms with Gasteiger partial charge in [0.25, 0.3) is 0 Å². The molecule has 1 aliphatic carbocycles. The number of carbonyl (C=O) groups excluding carboxylic acids is 1. The monoisotopic (exact) mass is 254 g/mol. The zero-order valence-electron chi connectivity index (χ0n) is 9.42. The van der Waals surface area contributed by atoms with E-state index in [1.807, 2.05) is 6.92 Å². The fourth-order valence-electron chi connectivity index (χ4n) is 2.34. The number of rotatable bonds is 3. The van der Waals surface area contributed by atoms with Gasteiger partial charge in [0.1, 0.15) is 0 Å². The standard InChI is InChI=1S/C11H14N2O3S/c1-6-4-7(8(5-6)10(15)16)9(14)13-11-12-2-3-17-11/h2-3,6-8H,4-5H2,1H3,(H,15,16)(H,12,13,14)/t6?,7-,8+/m0/s1. The summed E-state index contributed by atoms with van der Waals surface area (Å²) in [5, 5.41) is 14.0. The molecular formula is C11H14N2O3S. The molecule has 0 radical (unpaired) electrons. The minimum atomic E-state index is -0.881. The lowest BCUT2D eigenvalue weighted by Crippen LogP contribution is -2.29. The van der Waals surface area contributed by atoms with Crippen LogP contribution in [0.25, 0.3) is 0 Å². The first kappa shape index (κ1) is 12.0. The first-order chi connectivity index (χ1) is 8.08. The first-order valence-corrected chi connectivity index (χ1v) is 6.39. The van der Waals surface area contributed by atoms with Crippen LogP contribution in [0, 0.1) is 17.8 Å². The van der Waals surface area contributed by atoms with Crippen LogP contribution >= 0.6 is 11.3 Å². The Bertz CT molecular complexity index is 418. The van der Waals surface area contributed by atoms with Gasteiger partial charge in [0.2, 0.25) is 5.91 Å². The molecule has 5 nitrogen and oxygen atoms in total. The van der Waals surface area contributed by atoms with Crippen molar-refractivity contribution in [1.82, 2.24) is 4.98 Å². The van der Waals surface area contributed by atoms with E-state index in [9.17, 15) is 9.59 Å². The minimum absolute atomic E-state index is 0.225. The number of thiazole rings is 1. The van der Waals surface area contributed by atoms with Gasteiger partial charge in [0.05, 0.1) is 11.8 Å². The largest absolute Gasteiger partial charge is 0.481 e. The van der Waals surface area contributed by atoms with E-state index >= 15 is 0 Å². The average Bonchev–Trinajstić information content (AvgIpc) is 2.86. The highest BCUT2D eigenvalue weighted by Crippen LogP contribution is 2.37. The number of nitrogens with zero attached hydrogens (tertiary/aromatic N) is 1. The summed E-state index contributed by atoms with van der Waals surface area (Å²) in [4.78, 5) is 27.0. The van der Waals surface area contributed by atoms with Crippen LogP contribution < -0.4 is 5.32 Å². The maximum Gasteiger partial charge on any atom is 0.307 e. The van der Waals surface area contributed by atoms with Gasteiger partial charge in [-0.05, 0) is 18.8 Å². The van der Waals surface area contributed by atoms with Gasteiger partial charge >= 0.3 is 5.97 Å². The summed E-state index contributed by atoms with van der Waals surface area (Å²) in [5.41, 5.74) is 0. The third-order valence-corrected chi connectivity index (χ3v) is 3.80. The van der Waals surface area contributed by atoms with E-state index in [1.54, 1.807) is 11.6 Å². The molecule has 2 N–H and O–H groups in total. The molecule has 1 saturated carbocycles. The van der Waals surface area contributed by atoms with E-state index in [2.05, 4.69) is 10.3 Å². The van der Waals surface area contributed by atoms with Crippen molar-refractivity contribution < 1.29 is 14.7 Å². The fourth-order valence-corrected chi connectivity index (χ4v) is 2.87. The maximum absolute atomic E-state index is 12.0. The summed E-state index contributed by atoms with van der Waals surface area (Å²) >= 11 is 1.33. The second-order valence-electron chi connectivity index (χ2n) is 4.45. The molecule has 2 rings (SSSR count). The van der Waals surface area contributed by atoms with Crippen LogP contribution in [0.2, 0.25) is 0 Å². The van der Waals surface area contributed by atoms with Crippen LogP contribution in [0.5, 0.6) is 0 Å². The average molecular weight is 254 g/mol. The Morgan fingerprint density at radius 1 is 1.47 bits per heavy atom. The van der Waals surface area contributed by atoms with Crippen LogP contribution in [0.4, 0.5) is 5.13 Å². The summed E-state index contributed by atoms with van der Waals surface area (Å²) in [5.74, 6) is -1.83. The smallest absolute Gasteiger partial charge is 0.307 e. The van der Waals surface area contributed by atoms with Crippen molar-refractivity contribution in [3.8, 4) is 0 Å². The topological polar surface area (TPSA) is 79.3 Å². The molecule has 0 aliphatic heterocycles. The number of anilines is 1. The molecule has 0 bridgehead atoms. The summed E-state index contributed by atoms with van der Waals surface area (Å²) in [6, 6.07) is 0. The molecule has 17 heavy (non-hydrogen) atoms. The van der Waals surface area contributed by atoms with Crippen molar-refractivity contribution in [1.29, 1.82) is 0 Å². The molecule has 0 saturated heterocycles.